The Balaban J connectivity index is 0.00000172. The van der Waals surface area contributed by atoms with Gasteiger partial charge in [-0.1, -0.05) is 39.7 Å². The van der Waals surface area contributed by atoms with Gasteiger partial charge < -0.3 is 14.6 Å². The third-order valence-corrected chi connectivity index (χ3v) is 8.72. The molecule has 3 heterocycles. The van der Waals surface area contributed by atoms with E-state index in [4.69, 9.17) is 9.72 Å². The molecule has 0 bridgehead atoms. The predicted octanol–water partition coefficient (Wildman–Crippen LogP) is 8.33. The molecule has 1 saturated carbocycles. The molecular formula is C27H35F5N4O2S. The van der Waals surface area contributed by atoms with E-state index in [0.717, 1.165) is 54.7 Å². The third-order valence-electron chi connectivity index (χ3n) is 7.56. The molecule has 2 aromatic heterocycles. The highest BCUT2D eigenvalue weighted by Crippen LogP contribution is 3.02. The molecule has 1 aliphatic carbocycles. The first kappa shape index (κ1) is 29.3. The first-order chi connectivity index (χ1) is 18.3. The van der Waals surface area contributed by atoms with Gasteiger partial charge in [0.1, 0.15) is 10.7 Å². The number of ether oxygens (including phenoxy) is 1. The number of amides is 1. The van der Waals surface area contributed by atoms with Crippen LogP contribution in [0.25, 0.3) is 11.2 Å². The zero-order valence-electron chi connectivity index (χ0n) is 22.3. The van der Waals surface area contributed by atoms with Crippen LogP contribution in [-0.4, -0.2) is 52.1 Å². The Kier molecular flexibility index (Phi) is 7.76. The second-order valence-corrected chi connectivity index (χ2v) is 12.4. The average molecular weight is 575 g/mol. The van der Waals surface area contributed by atoms with E-state index in [-0.39, 0.29) is 35.6 Å². The van der Waals surface area contributed by atoms with Gasteiger partial charge in [0.15, 0.2) is 5.65 Å². The summed E-state index contributed by atoms with van der Waals surface area (Å²) >= 11 is 0. The number of rotatable bonds is 5. The van der Waals surface area contributed by atoms with Crippen LogP contribution in [0.2, 0.25) is 0 Å². The fourth-order valence-corrected chi connectivity index (χ4v) is 6.17. The van der Waals surface area contributed by atoms with Crippen LogP contribution in [-0.2, 0) is 4.74 Å². The molecule has 216 valence electrons. The summed E-state index contributed by atoms with van der Waals surface area (Å²) < 4.78 is 70.4. The number of hydrogen-bond acceptors (Lipinski definition) is 4. The Morgan fingerprint density at radius 3 is 2.26 bits per heavy atom. The highest BCUT2D eigenvalue weighted by Gasteiger charge is 2.65. The highest BCUT2D eigenvalue weighted by atomic mass is 32.5. The van der Waals surface area contributed by atoms with E-state index in [1.54, 1.807) is 18.2 Å². The van der Waals surface area contributed by atoms with Crippen molar-refractivity contribution in [1.82, 2.24) is 19.9 Å². The molecule has 1 aliphatic heterocycles. The molecule has 2 unspecified atom stereocenters. The standard InChI is InChI=1S/C25H29F5N4O2S.C2H6/c1-36-19-4-2-3-18(15-19)23-32-22-21(9-12-31-24(22)33-23)16-10-13-34(14-11-16)25(35)17-5-7-20(8-6-17)37(26,27,28,29)30;1-2/h5-9,12,16,18-19H,2-4,10-11,13-15H2,1H3,(H,31,32,33);1-2H3. The summed E-state index contributed by atoms with van der Waals surface area (Å²) in [4.78, 5) is 25.1. The van der Waals surface area contributed by atoms with Gasteiger partial charge in [0.25, 0.3) is 5.91 Å². The minimum Gasteiger partial charge on any atom is -0.381 e. The minimum absolute atomic E-state index is 0.0459. The normalized spacial score (nSPS) is 22.5. The number of fused-ring (bicyclic) bond motifs is 1. The van der Waals surface area contributed by atoms with Crippen LogP contribution in [0.15, 0.2) is 41.4 Å². The Labute approximate surface area is 225 Å². The summed E-state index contributed by atoms with van der Waals surface area (Å²) in [7, 11) is -8.04. The number of aromatic nitrogens is 3. The van der Waals surface area contributed by atoms with Crippen molar-refractivity contribution in [1.29, 1.82) is 0 Å². The molecule has 6 nitrogen and oxygen atoms in total. The summed E-state index contributed by atoms with van der Waals surface area (Å²) in [6, 6.07) is 4.17. The van der Waals surface area contributed by atoms with E-state index in [0.29, 0.717) is 31.6 Å². The predicted molar refractivity (Wildman–Crippen MR) is 143 cm³/mol. The number of halogens is 5. The molecule has 2 atom stereocenters. The topological polar surface area (TPSA) is 71.1 Å². The third kappa shape index (κ3) is 6.54. The number of H-pyrrole nitrogens is 1. The van der Waals surface area contributed by atoms with Crippen molar-refractivity contribution in [3.63, 3.8) is 0 Å². The summed E-state index contributed by atoms with van der Waals surface area (Å²) in [6.45, 7) is 4.80. The van der Waals surface area contributed by atoms with Gasteiger partial charge in [-0.25, -0.2) is 9.97 Å². The molecule has 0 spiro atoms. The smallest absolute Gasteiger partial charge is 0.310 e. The van der Waals surface area contributed by atoms with E-state index in [1.165, 1.54) is 0 Å². The van der Waals surface area contributed by atoms with Crippen LogP contribution in [0.3, 0.4) is 0 Å². The second kappa shape index (κ2) is 10.3. The number of likely N-dealkylation sites (tertiary alicyclic amines) is 1. The van der Waals surface area contributed by atoms with Gasteiger partial charge >= 0.3 is 10.2 Å². The lowest BCUT2D eigenvalue weighted by molar-refractivity contribution is 0.0625. The molecular weight excluding hydrogens is 539 g/mol. The van der Waals surface area contributed by atoms with Gasteiger partial charge in [-0.15, -0.1) is 0 Å². The van der Waals surface area contributed by atoms with Crippen LogP contribution in [0.4, 0.5) is 19.4 Å². The van der Waals surface area contributed by atoms with E-state index in [1.807, 2.05) is 19.9 Å². The van der Waals surface area contributed by atoms with Gasteiger partial charge in [0.05, 0.1) is 11.6 Å². The lowest BCUT2D eigenvalue weighted by Crippen LogP contribution is -2.38. The number of nitrogens with zero attached hydrogens (tertiary/aromatic N) is 3. The average Bonchev–Trinajstić information content (AvgIpc) is 3.37. The number of piperidine rings is 1. The molecule has 12 heteroatoms. The van der Waals surface area contributed by atoms with Gasteiger partial charge in [0.2, 0.25) is 0 Å². The van der Waals surface area contributed by atoms with E-state index in [9.17, 15) is 24.2 Å². The number of imidazole rings is 1. The monoisotopic (exact) mass is 574 g/mol. The minimum atomic E-state index is -9.77. The molecule has 2 aliphatic rings. The van der Waals surface area contributed by atoms with Crippen molar-refractivity contribution in [3.05, 3.63) is 53.5 Å². The molecule has 39 heavy (non-hydrogen) atoms. The number of carbonyl (C=O) groups excluding carboxylic acids is 1. The number of methoxy groups -OCH3 is 1. The largest absolute Gasteiger partial charge is 0.381 e. The van der Waals surface area contributed by atoms with Gasteiger partial charge in [0, 0.05) is 37.9 Å². The van der Waals surface area contributed by atoms with Crippen molar-refractivity contribution in [3.8, 4) is 0 Å². The molecule has 0 radical (unpaired) electrons. The lowest BCUT2D eigenvalue weighted by atomic mass is 9.86. The molecule has 1 N–H and O–H groups in total. The van der Waals surface area contributed by atoms with Gasteiger partial charge in [-0.05, 0) is 73.9 Å². The molecule has 1 aromatic carbocycles. The fourth-order valence-electron chi connectivity index (χ4n) is 5.52. The van der Waals surface area contributed by atoms with Gasteiger partial charge in [-0.3, -0.25) is 4.79 Å². The summed E-state index contributed by atoms with van der Waals surface area (Å²) in [5, 5.41) is 0. The van der Waals surface area contributed by atoms with Crippen molar-refractivity contribution in [2.24, 2.45) is 0 Å². The molecule has 3 aromatic rings. The maximum atomic E-state index is 13.0. The first-order valence-corrected chi connectivity index (χ1v) is 15.3. The van der Waals surface area contributed by atoms with E-state index in [2.05, 4.69) is 9.97 Å². The molecule has 1 saturated heterocycles. The van der Waals surface area contributed by atoms with Gasteiger partial charge in [-0.2, -0.15) is 0 Å². The Hall–Kier alpha value is -2.73. The molecule has 1 amide bonds. The zero-order valence-corrected chi connectivity index (χ0v) is 23.1. The zero-order chi connectivity index (χ0) is 28.5. The number of pyridine rings is 1. The lowest BCUT2D eigenvalue weighted by Gasteiger charge is -2.40. The van der Waals surface area contributed by atoms with Crippen molar-refractivity contribution in [2.75, 3.05) is 20.2 Å². The van der Waals surface area contributed by atoms with E-state index < -0.39 is 21.0 Å². The first-order valence-electron chi connectivity index (χ1n) is 13.3. The van der Waals surface area contributed by atoms with Crippen LogP contribution in [0.1, 0.15) is 86.0 Å². The number of hydrogen-bond donors (Lipinski definition) is 1. The van der Waals surface area contributed by atoms with E-state index >= 15 is 0 Å². The number of aromatic amines is 1. The summed E-state index contributed by atoms with van der Waals surface area (Å²) in [5.41, 5.74) is 2.59. The maximum Gasteiger partial charge on any atom is 0.310 e. The quantitative estimate of drug-likeness (QED) is 0.311. The number of carbonyl (C=O) groups is 1. The van der Waals surface area contributed by atoms with Crippen LogP contribution in [0.5, 0.6) is 0 Å². The second-order valence-electron chi connectivity index (χ2n) is 10.0. The Bertz CT molecular complexity index is 1310. The fraction of sp³-hybridized carbons (Fsp3) is 0.519. The van der Waals surface area contributed by atoms with Crippen LogP contribution in [0, 0.1) is 0 Å². The van der Waals surface area contributed by atoms with Crippen LogP contribution >= 0.6 is 10.2 Å². The maximum absolute atomic E-state index is 13.0. The van der Waals surface area contributed by atoms with Crippen LogP contribution < -0.4 is 0 Å². The Morgan fingerprint density at radius 1 is 0.974 bits per heavy atom. The molecule has 5 rings (SSSR count). The summed E-state index contributed by atoms with van der Waals surface area (Å²) in [5.74, 6) is 0.877. The van der Waals surface area contributed by atoms with Crippen molar-refractivity contribution in [2.45, 2.75) is 75.2 Å². The summed E-state index contributed by atoms with van der Waals surface area (Å²) in [6.07, 6.45) is 7.34. The SMILES string of the molecule is CC.COC1CCCC(c2nc3nccc(C4CCN(C(=O)c5ccc(S(F)(F)(F)(F)F)cc5)CC4)c3[nH]2)C1. The number of benzene rings is 1. The Morgan fingerprint density at radius 2 is 1.64 bits per heavy atom. The molecule has 2 fully saturated rings. The highest BCUT2D eigenvalue weighted by molar-refractivity contribution is 8.45. The van der Waals surface area contributed by atoms with Crippen molar-refractivity contribution >= 4 is 27.3 Å². The van der Waals surface area contributed by atoms with Crippen molar-refractivity contribution < 1.29 is 29.0 Å². The number of nitrogens with one attached hydrogen (secondary N) is 1.